The standard InChI is InChI=1S/C12H13BrF3NO2/c1-7(2)6-19-17-11(18)8-3-4-10(13)9(5-8)12(14,15)16/h3-5,7H,6H2,1-2H3,(H,17,18). The highest BCUT2D eigenvalue weighted by atomic mass is 79.9. The summed E-state index contributed by atoms with van der Waals surface area (Å²) in [4.78, 5) is 16.5. The molecular weight excluding hydrogens is 327 g/mol. The number of alkyl halides is 3. The number of hydroxylamine groups is 1. The number of nitrogens with one attached hydrogen (secondary N) is 1. The monoisotopic (exact) mass is 339 g/mol. The molecule has 1 aromatic carbocycles. The van der Waals surface area contributed by atoms with E-state index in [4.69, 9.17) is 4.84 Å². The van der Waals surface area contributed by atoms with Crippen LogP contribution in [0.15, 0.2) is 22.7 Å². The summed E-state index contributed by atoms with van der Waals surface area (Å²) in [5.41, 5.74) is 1.10. The largest absolute Gasteiger partial charge is 0.417 e. The van der Waals surface area contributed by atoms with Crippen LogP contribution in [0.3, 0.4) is 0 Å². The first kappa shape index (κ1) is 16.0. The minimum atomic E-state index is -4.52. The number of hydrogen-bond donors (Lipinski definition) is 1. The molecule has 19 heavy (non-hydrogen) atoms. The molecule has 0 aromatic heterocycles. The van der Waals surface area contributed by atoms with E-state index in [9.17, 15) is 18.0 Å². The number of amides is 1. The maximum Gasteiger partial charge on any atom is 0.417 e. The molecule has 7 heteroatoms. The second-order valence-electron chi connectivity index (χ2n) is 4.33. The van der Waals surface area contributed by atoms with E-state index in [0.717, 1.165) is 6.07 Å². The van der Waals surface area contributed by atoms with Gasteiger partial charge in [-0.1, -0.05) is 29.8 Å². The molecule has 0 saturated heterocycles. The third-order valence-corrected chi connectivity index (χ3v) is 2.81. The second-order valence-corrected chi connectivity index (χ2v) is 5.18. The maximum atomic E-state index is 12.7. The summed E-state index contributed by atoms with van der Waals surface area (Å²) in [7, 11) is 0. The molecule has 0 atom stereocenters. The SMILES string of the molecule is CC(C)CONC(=O)c1ccc(Br)c(C(F)(F)F)c1. The van der Waals surface area contributed by atoms with Crippen molar-refractivity contribution in [1.29, 1.82) is 0 Å². The average Bonchev–Trinajstić information content (AvgIpc) is 2.27. The molecule has 1 N–H and O–H groups in total. The van der Waals surface area contributed by atoms with Crippen LogP contribution >= 0.6 is 15.9 Å². The lowest BCUT2D eigenvalue weighted by Crippen LogP contribution is -2.26. The first-order valence-corrected chi connectivity index (χ1v) is 6.30. The Morgan fingerprint density at radius 1 is 1.42 bits per heavy atom. The Balaban J connectivity index is 2.82. The van der Waals surface area contributed by atoms with Gasteiger partial charge in [0.2, 0.25) is 0 Å². The van der Waals surface area contributed by atoms with Gasteiger partial charge in [0.15, 0.2) is 0 Å². The van der Waals surface area contributed by atoms with E-state index in [2.05, 4.69) is 21.4 Å². The molecule has 0 heterocycles. The summed E-state index contributed by atoms with van der Waals surface area (Å²) in [6.45, 7) is 4.05. The van der Waals surface area contributed by atoms with Crippen molar-refractivity contribution in [1.82, 2.24) is 5.48 Å². The van der Waals surface area contributed by atoms with E-state index in [1.807, 2.05) is 13.8 Å². The fraction of sp³-hybridized carbons (Fsp3) is 0.417. The van der Waals surface area contributed by atoms with Crippen LogP contribution in [0.2, 0.25) is 0 Å². The minimum absolute atomic E-state index is 0.111. The molecule has 0 aliphatic carbocycles. The van der Waals surface area contributed by atoms with Crippen molar-refractivity contribution in [2.75, 3.05) is 6.61 Å². The third kappa shape index (κ3) is 4.83. The summed E-state index contributed by atoms with van der Waals surface area (Å²) < 4.78 is 37.9. The van der Waals surface area contributed by atoms with Crippen LogP contribution in [0.1, 0.15) is 29.8 Å². The summed E-state index contributed by atoms with van der Waals surface area (Å²) in [5.74, 6) is -0.505. The lowest BCUT2D eigenvalue weighted by molar-refractivity contribution is -0.138. The van der Waals surface area contributed by atoms with Gasteiger partial charge in [-0.05, 0) is 24.1 Å². The molecule has 1 aromatic rings. The predicted octanol–water partition coefficient (Wildman–Crippen LogP) is 3.79. The van der Waals surface area contributed by atoms with E-state index >= 15 is 0 Å². The molecule has 0 spiro atoms. The smallest absolute Gasteiger partial charge is 0.273 e. The number of halogens is 4. The molecule has 0 aliphatic rings. The van der Waals surface area contributed by atoms with Crippen LogP contribution in [-0.2, 0) is 11.0 Å². The van der Waals surface area contributed by atoms with E-state index < -0.39 is 17.6 Å². The zero-order valence-corrected chi connectivity index (χ0v) is 11.9. The van der Waals surface area contributed by atoms with Crippen LogP contribution in [0.5, 0.6) is 0 Å². The van der Waals surface area contributed by atoms with E-state index in [1.54, 1.807) is 0 Å². The van der Waals surface area contributed by atoms with Gasteiger partial charge in [-0.3, -0.25) is 9.63 Å². The molecule has 0 unspecified atom stereocenters. The van der Waals surface area contributed by atoms with Crippen LogP contribution in [0.25, 0.3) is 0 Å². The Kier molecular flexibility index (Phi) is 5.37. The Morgan fingerprint density at radius 3 is 2.58 bits per heavy atom. The van der Waals surface area contributed by atoms with Gasteiger partial charge in [-0.25, -0.2) is 5.48 Å². The minimum Gasteiger partial charge on any atom is -0.273 e. The summed E-state index contributed by atoms with van der Waals surface area (Å²) in [6.07, 6.45) is -4.52. The third-order valence-electron chi connectivity index (χ3n) is 2.12. The molecular formula is C12H13BrF3NO2. The van der Waals surface area contributed by atoms with Crippen molar-refractivity contribution in [2.24, 2.45) is 5.92 Å². The highest BCUT2D eigenvalue weighted by Crippen LogP contribution is 2.35. The van der Waals surface area contributed by atoms with E-state index in [-0.39, 0.29) is 22.6 Å². The number of rotatable bonds is 4. The van der Waals surface area contributed by atoms with Gasteiger partial charge in [0.05, 0.1) is 12.2 Å². The topological polar surface area (TPSA) is 38.3 Å². The van der Waals surface area contributed by atoms with Crippen molar-refractivity contribution >= 4 is 21.8 Å². The van der Waals surface area contributed by atoms with Gasteiger partial charge in [0, 0.05) is 10.0 Å². The molecule has 3 nitrogen and oxygen atoms in total. The molecule has 0 saturated carbocycles. The number of benzene rings is 1. The highest BCUT2D eigenvalue weighted by Gasteiger charge is 2.33. The van der Waals surface area contributed by atoms with Crippen molar-refractivity contribution in [3.05, 3.63) is 33.8 Å². The molecule has 0 fully saturated rings. The Labute approximate surface area is 117 Å². The fourth-order valence-corrected chi connectivity index (χ4v) is 1.69. The van der Waals surface area contributed by atoms with E-state index in [0.29, 0.717) is 0 Å². The molecule has 106 valence electrons. The second kappa shape index (κ2) is 6.38. The van der Waals surface area contributed by atoms with Gasteiger partial charge < -0.3 is 0 Å². The summed E-state index contributed by atoms with van der Waals surface area (Å²) in [5, 5.41) is 0. The molecule has 0 radical (unpaired) electrons. The Bertz CT molecular complexity index is 461. The highest BCUT2D eigenvalue weighted by molar-refractivity contribution is 9.10. The number of hydrogen-bond acceptors (Lipinski definition) is 2. The lowest BCUT2D eigenvalue weighted by Gasteiger charge is -2.11. The van der Waals surface area contributed by atoms with Gasteiger partial charge in [0.25, 0.3) is 5.91 Å². The van der Waals surface area contributed by atoms with Crippen LogP contribution < -0.4 is 5.48 Å². The van der Waals surface area contributed by atoms with Gasteiger partial charge in [-0.2, -0.15) is 13.2 Å². The summed E-state index contributed by atoms with van der Waals surface area (Å²) in [6, 6.07) is 3.24. The Hall–Kier alpha value is -1.08. The van der Waals surface area contributed by atoms with Gasteiger partial charge >= 0.3 is 6.18 Å². The summed E-state index contributed by atoms with van der Waals surface area (Å²) >= 11 is 2.80. The van der Waals surface area contributed by atoms with Crippen molar-refractivity contribution in [3.8, 4) is 0 Å². The van der Waals surface area contributed by atoms with Crippen LogP contribution in [0.4, 0.5) is 13.2 Å². The molecule has 1 rings (SSSR count). The molecule has 0 bridgehead atoms. The molecule has 0 aliphatic heterocycles. The number of carbonyl (C=O) groups excluding carboxylic acids is 1. The van der Waals surface area contributed by atoms with E-state index in [1.165, 1.54) is 12.1 Å². The van der Waals surface area contributed by atoms with Crippen LogP contribution in [0, 0.1) is 5.92 Å². The van der Waals surface area contributed by atoms with Crippen molar-refractivity contribution < 1.29 is 22.8 Å². The zero-order chi connectivity index (χ0) is 14.6. The lowest BCUT2D eigenvalue weighted by atomic mass is 10.1. The van der Waals surface area contributed by atoms with Crippen molar-refractivity contribution in [2.45, 2.75) is 20.0 Å². The number of carbonyl (C=O) groups is 1. The fourth-order valence-electron chi connectivity index (χ4n) is 1.22. The quantitative estimate of drug-likeness (QED) is 0.847. The normalized spacial score (nSPS) is 11.7. The Morgan fingerprint density at radius 2 is 2.05 bits per heavy atom. The zero-order valence-electron chi connectivity index (χ0n) is 10.3. The van der Waals surface area contributed by atoms with Crippen LogP contribution in [-0.4, -0.2) is 12.5 Å². The van der Waals surface area contributed by atoms with Crippen molar-refractivity contribution in [3.63, 3.8) is 0 Å². The molecule has 1 amide bonds. The average molecular weight is 340 g/mol. The van der Waals surface area contributed by atoms with Gasteiger partial charge in [0.1, 0.15) is 0 Å². The maximum absolute atomic E-state index is 12.7. The first-order valence-electron chi connectivity index (χ1n) is 5.50. The van der Waals surface area contributed by atoms with Gasteiger partial charge in [-0.15, -0.1) is 0 Å². The predicted molar refractivity (Wildman–Crippen MR) is 67.4 cm³/mol. The first-order chi connectivity index (χ1) is 8.71.